The third kappa shape index (κ3) is 3.89. The second kappa shape index (κ2) is 6.80. The van der Waals surface area contributed by atoms with E-state index in [1.165, 1.54) is 32.1 Å². The summed E-state index contributed by atoms with van der Waals surface area (Å²) < 4.78 is 0.321. The third-order valence-electron chi connectivity index (χ3n) is 4.44. The lowest BCUT2D eigenvalue weighted by molar-refractivity contribution is -0.122. The first-order chi connectivity index (χ1) is 8.74. The maximum atomic E-state index is 12.0. The van der Waals surface area contributed by atoms with Crippen molar-refractivity contribution in [2.75, 3.05) is 25.9 Å². The summed E-state index contributed by atoms with van der Waals surface area (Å²) in [5.41, 5.74) is 0. The molecule has 1 heterocycles. The van der Waals surface area contributed by atoms with Crippen molar-refractivity contribution < 1.29 is 4.79 Å². The van der Waals surface area contributed by atoms with Crippen molar-refractivity contribution in [3.05, 3.63) is 0 Å². The van der Waals surface area contributed by atoms with E-state index in [0.29, 0.717) is 17.1 Å². The number of thioether (sulfide) groups is 1. The predicted molar refractivity (Wildman–Crippen MR) is 77.9 cm³/mol. The Hall–Kier alpha value is -0.220. The van der Waals surface area contributed by atoms with Gasteiger partial charge >= 0.3 is 0 Å². The van der Waals surface area contributed by atoms with E-state index in [1.807, 2.05) is 11.8 Å². The van der Waals surface area contributed by atoms with Crippen molar-refractivity contribution in [3.63, 3.8) is 0 Å². The van der Waals surface area contributed by atoms with Gasteiger partial charge in [-0.05, 0) is 44.5 Å². The van der Waals surface area contributed by atoms with Gasteiger partial charge in [0.2, 0.25) is 5.91 Å². The molecule has 2 fully saturated rings. The van der Waals surface area contributed by atoms with Crippen molar-refractivity contribution in [2.45, 2.75) is 49.7 Å². The number of carbonyl (C=O) groups excluding carboxylic acids is 1. The normalized spacial score (nSPS) is 27.1. The Morgan fingerprint density at radius 1 is 1.39 bits per heavy atom. The zero-order chi connectivity index (χ0) is 12.8. The Bertz CT molecular complexity index is 271. The maximum Gasteiger partial charge on any atom is 0.220 e. The highest BCUT2D eigenvalue weighted by atomic mass is 32.2. The Kier molecular flexibility index (Phi) is 5.37. The van der Waals surface area contributed by atoms with Gasteiger partial charge < -0.3 is 10.6 Å². The molecule has 0 aromatic heterocycles. The number of amides is 1. The van der Waals surface area contributed by atoms with Crippen LogP contribution in [0.25, 0.3) is 0 Å². The molecule has 0 aromatic carbocycles. The second-order valence-electron chi connectivity index (χ2n) is 5.79. The summed E-state index contributed by atoms with van der Waals surface area (Å²) in [4.78, 5) is 12.0. The van der Waals surface area contributed by atoms with Crippen LogP contribution in [-0.4, -0.2) is 36.5 Å². The average Bonchev–Trinajstić information content (AvgIpc) is 2.90. The fourth-order valence-corrected chi connectivity index (χ4v) is 4.05. The van der Waals surface area contributed by atoms with E-state index in [4.69, 9.17) is 0 Å². The summed E-state index contributed by atoms with van der Waals surface area (Å²) >= 11 is 1.95. The standard InChI is InChI=1S/C14H26N2OS/c1-18-14(6-3-2-4-7-14)11-16-13(17)9-12-5-8-15-10-12/h12,15H,2-11H2,1H3,(H,16,17). The van der Waals surface area contributed by atoms with Crippen LogP contribution in [0.1, 0.15) is 44.9 Å². The van der Waals surface area contributed by atoms with Crippen LogP contribution in [0.5, 0.6) is 0 Å². The molecule has 2 N–H and O–H groups in total. The number of nitrogens with one attached hydrogen (secondary N) is 2. The van der Waals surface area contributed by atoms with E-state index < -0.39 is 0 Å². The Labute approximate surface area is 115 Å². The van der Waals surface area contributed by atoms with Crippen molar-refractivity contribution >= 4 is 17.7 Å². The molecule has 1 amide bonds. The minimum absolute atomic E-state index is 0.252. The molecule has 1 saturated heterocycles. The molecule has 1 aliphatic heterocycles. The molecule has 4 heteroatoms. The largest absolute Gasteiger partial charge is 0.355 e. The van der Waals surface area contributed by atoms with E-state index in [9.17, 15) is 4.79 Å². The fraction of sp³-hybridized carbons (Fsp3) is 0.929. The van der Waals surface area contributed by atoms with Gasteiger partial charge in [0.25, 0.3) is 0 Å². The van der Waals surface area contributed by atoms with Crippen molar-refractivity contribution in [1.82, 2.24) is 10.6 Å². The first kappa shape index (κ1) is 14.2. The van der Waals surface area contributed by atoms with Gasteiger partial charge in [-0.25, -0.2) is 0 Å². The maximum absolute atomic E-state index is 12.0. The first-order valence-electron chi connectivity index (χ1n) is 7.27. The fourth-order valence-electron chi connectivity index (χ4n) is 3.13. The van der Waals surface area contributed by atoms with Crippen LogP contribution in [0.2, 0.25) is 0 Å². The van der Waals surface area contributed by atoms with Crippen molar-refractivity contribution in [3.8, 4) is 0 Å². The second-order valence-corrected chi connectivity index (χ2v) is 7.06. The number of hydrogen-bond acceptors (Lipinski definition) is 3. The molecule has 1 saturated carbocycles. The van der Waals surface area contributed by atoms with Gasteiger partial charge in [-0.2, -0.15) is 11.8 Å². The van der Waals surface area contributed by atoms with Gasteiger partial charge in [0.05, 0.1) is 0 Å². The van der Waals surface area contributed by atoms with Crippen LogP contribution in [0.3, 0.4) is 0 Å². The molecule has 0 bridgehead atoms. The zero-order valence-electron chi connectivity index (χ0n) is 11.5. The average molecular weight is 270 g/mol. The van der Waals surface area contributed by atoms with Crippen LogP contribution < -0.4 is 10.6 Å². The lowest BCUT2D eigenvalue weighted by Crippen LogP contribution is -2.42. The number of carbonyl (C=O) groups is 1. The summed E-state index contributed by atoms with van der Waals surface area (Å²) in [5.74, 6) is 0.810. The molecule has 0 aromatic rings. The van der Waals surface area contributed by atoms with Crippen LogP contribution >= 0.6 is 11.8 Å². The van der Waals surface area contributed by atoms with Crippen molar-refractivity contribution in [1.29, 1.82) is 0 Å². The Morgan fingerprint density at radius 3 is 2.78 bits per heavy atom. The molecule has 0 spiro atoms. The number of rotatable bonds is 5. The van der Waals surface area contributed by atoms with Gasteiger partial charge in [0.15, 0.2) is 0 Å². The van der Waals surface area contributed by atoms with Crippen LogP contribution in [0.15, 0.2) is 0 Å². The first-order valence-corrected chi connectivity index (χ1v) is 8.49. The van der Waals surface area contributed by atoms with Gasteiger partial charge in [0.1, 0.15) is 0 Å². The molecule has 3 nitrogen and oxygen atoms in total. The molecule has 2 aliphatic rings. The minimum atomic E-state index is 0.252. The monoisotopic (exact) mass is 270 g/mol. The summed E-state index contributed by atoms with van der Waals surface area (Å²) in [7, 11) is 0. The van der Waals surface area contributed by atoms with E-state index in [2.05, 4.69) is 16.9 Å². The van der Waals surface area contributed by atoms with Crippen LogP contribution in [0, 0.1) is 5.92 Å². The molecule has 1 atom stereocenters. The topological polar surface area (TPSA) is 41.1 Å². The highest BCUT2D eigenvalue weighted by Crippen LogP contribution is 2.37. The van der Waals surface area contributed by atoms with Crippen LogP contribution in [-0.2, 0) is 4.79 Å². The Balaban J connectivity index is 1.73. The summed E-state index contributed by atoms with van der Waals surface area (Å²) in [6.07, 6.45) is 10.6. The summed E-state index contributed by atoms with van der Waals surface area (Å²) in [6, 6.07) is 0. The van der Waals surface area contributed by atoms with Gasteiger partial charge in [0, 0.05) is 17.7 Å². The molecule has 1 unspecified atom stereocenters. The summed E-state index contributed by atoms with van der Waals surface area (Å²) in [5, 5.41) is 6.50. The minimum Gasteiger partial charge on any atom is -0.355 e. The Morgan fingerprint density at radius 2 is 2.17 bits per heavy atom. The molecule has 2 rings (SSSR count). The SMILES string of the molecule is CSC1(CNC(=O)CC2CCNC2)CCCCC1. The zero-order valence-corrected chi connectivity index (χ0v) is 12.3. The third-order valence-corrected chi connectivity index (χ3v) is 5.86. The molecule has 104 valence electrons. The lowest BCUT2D eigenvalue weighted by atomic mass is 9.88. The van der Waals surface area contributed by atoms with Gasteiger partial charge in [-0.1, -0.05) is 19.3 Å². The van der Waals surface area contributed by atoms with E-state index in [-0.39, 0.29) is 5.91 Å². The highest BCUT2D eigenvalue weighted by Gasteiger charge is 2.31. The molecule has 1 aliphatic carbocycles. The van der Waals surface area contributed by atoms with Crippen LogP contribution in [0.4, 0.5) is 0 Å². The summed E-state index contributed by atoms with van der Waals surface area (Å²) in [6.45, 7) is 2.96. The molecule has 0 radical (unpaired) electrons. The smallest absolute Gasteiger partial charge is 0.220 e. The lowest BCUT2D eigenvalue weighted by Gasteiger charge is -2.36. The molecular formula is C14H26N2OS. The van der Waals surface area contributed by atoms with Gasteiger partial charge in [-0.15, -0.1) is 0 Å². The van der Waals surface area contributed by atoms with Gasteiger partial charge in [-0.3, -0.25) is 4.79 Å². The van der Waals surface area contributed by atoms with Crippen molar-refractivity contribution in [2.24, 2.45) is 5.92 Å². The molecular weight excluding hydrogens is 244 g/mol. The quantitative estimate of drug-likeness (QED) is 0.804. The van der Waals surface area contributed by atoms with E-state index in [0.717, 1.165) is 26.1 Å². The van der Waals surface area contributed by atoms with E-state index >= 15 is 0 Å². The number of hydrogen-bond donors (Lipinski definition) is 2. The highest BCUT2D eigenvalue weighted by molar-refractivity contribution is 8.00. The van der Waals surface area contributed by atoms with E-state index in [1.54, 1.807) is 0 Å². The molecule has 18 heavy (non-hydrogen) atoms. The predicted octanol–water partition coefficient (Wildman–Crippen LogP) is 2.17.